The minimum atomic E-state index is -0.293. The molecule has 1 fully saturated rings. The van der Waals surface area contributed by atoms with Crippen LogP contribution in [0.5, 0.6) is 0 Å². The van der Waals surface area contributed by atoms with Crippen LogP contribution in [-0.4, -0.2) is 30.6 Å². The topological polar surface area (TPSA) is 54.1 Å². The van der Waals surface area contributed by atoms with Crippen LogP contribution >= 0.6 is 11.6 Å². The molecular weight excluding hydrogens is 288 g/mol. The van der Waals surface area contributed by atoms with Crippen LogP contribution in [0.1, 0.15) is 41.7 Å². The number of fused-ring (bicyclic) bond motifs is 1. The monoisotopic (exact) mass is 306 g/mol. The fourth-order valence-corrected chi connectivity index (χ4v) is 3.32. The SMILES string of the molecule is CCOC(=O)c1[nH]c2c(Cl)cccc2c1C1CCNCC1. The second kappa shape index (κ2) is 6.08. The van der Waals surface area contributed by atoms with Crippen LogP contribution < -0.4 is 5.32 Å². The van der Waals surface area contributed by atoms with Gasteiger partial charge in [-0.05, 0) is 50.4 Å². The molecule has 0 amide bonds. The second-order valence-corrected chi connectivity index (χ2v) is 5.73. The first kappa shape index (κ1) is 14.4. The molecule has 4 nitrogen and oxygen atoms in total. The second-order valence-electron chi connectivity index (χ2n) is 5.32. The Labute approximate surface area is 128 Å². The van der Waals surface area contributed by atoms with Crippen LogP contribution in [-0.2, 0) is 4.74 Å². The highest BCUT2D eigenvalue weighted by molar-refractivity contribution is 6.35. The summed E-state index contributed by atoms with van der Waals surface area (Å²) in [5, 5.41) is 5.03. The van der Waals surface area contributed by atoms with Crippen molar-refractivity contribution in [1.29, 1.82) is 0 Å². The van der Waals surface area contributed by atoms with Gasteiger partial charge in [0, 0.05) is 5.39 Å². The van der Waals surface area contributed by atoms with Crippen LogP contribution in [0.3, 0.4) is 0 Å². The highest BCUT2D eigenvalue weighted by Gasteiger charge is 2.27. The van der Waals surface area contributed by atoms with Gasteiger partial charge in [0.25, 0.3) is 0 Å². The minimum Gasteiger partial charge on any atom is -0.461 e. The maximum atomic E-state index is 12.3. The third-order valence-electron chi connectivity index (χ3n) is 4.05. The summed E-state index contributed by atoms with van der Waals surface area (Å²) in [5.74, 6) is 0.0659. The zero-order valence-corrected chi connectivity index (χ0v) is 12.8. The van der Waals surface area contributed by atoms with Crippen molar-refractivity contribution in [2.45, 2.75) is 25.7 Å². The number of hydrogen-bond acceptors (Lipinski definition) is 3. The summed E-state index contributed by atoms with van der Waals surface area (Å²) >= 11 is 6.27. The predicted molar refractivity (Wildman–Crippen MR) is 84.1 cm³/mol. The van der Waals surface area contributed by atoms with Crippen molar-refractivity contribution >= 4 is 28.5 Å². The number of para-hydroxylation sites is 1. The number of H-pyrrole nitrogens is 1. The number of nitrogens with one attached hydrogen (secondary N) is 2. The first-order valence-electron chi connectivity index (χ1n) is 7.40. The highest BCUT2D eigenvalue weighted by atomic mass is 35.5. The largest absolute Gasteiger partial charge is 0.461 e. The molecule has 2 heterocycles. The molecule has 0 unspecified atom stereocenters. The molecule has 1 aliphatic rings. The van der Waals surface area contributed by atoms with Crippen molar-refractivity contribution < 1.29 is 9.53 Å². The molecule has 1 aromatic carbocycles. The van der Waals surface area contributed by atoms with E-state index in [9.17, 15) is 4.79 Å². The van der Waals surface area contributed by atoms with Gasteiger partial charge in [0.15, 0.2) is 0 Å². The molecule has 1 aromatic heterocycles. The van der Waals surface area contributed by atoms with Gasteiger partial charge in [-0.3, -0.25) is 0 Å². The summed E-state index contributed by atoms with van der Waals surface area (Å²) in [5.41, 5.74) is 2.45. The Kier molecular flexibility index (Phi) is 4.17. The Bertz CT molecular complexity index is 660. The van der Waals surface area contributed by atoms with Gasteiger partial charge >= 0.3 is 5.97 Å². The quantitative estimate of drug-likeness (QED) is 0.854. The Morgan fingerprint density at radius 1 is 1.38 bits per heavy atom. The van der Waals surface area contributed by atoms with Gasteiger partial charge in [0.2, 0.25) is 0 Å². The van der Waals surface area contributed by atoms with Crippen molar-refractivity contribution in [2.75, 3.05) is 19.7 Å². The molecule has 0 spiro atoms. The Morgan fingerprint density at radius 2 is 2.14 bits per heavy atom. The molecule has 21 heavy (non-hydrogen) atoms. The van der Waals surface area contributed by atoms with E-state index in [1.165, 1.54) is 0 Å². The van der Waals surface area contributed by atoms with Crippen molar-refractivity contribution in [2.24, 2.45) is 0 Å². The fraction of sp³-hybridized carbons (Fsp3) is 0.438. The van der Waals surface area contributed by atoms with E-state index < -0.39 is 0 Å². The maximum absolute atomic E-state index is 12.3. The summed E-state index contributed by atoms with van der Waals surface area (Å²) in [6.07, 6.45) is 2.04. The van der Waals surface area contributed by atoms with E-state index in [0.717, 1.165) is 42.4 Å². The van der Waals surface area contributed by atoms with Crippen LogP contribution in [0, 0.1) is 0 Å². The molecular formula is C16H19ClN2O2. The van der Waals surface area contributed by atoms with Crippen molar-refractivity contribution in [3.8, 4) is 0 Å². The Hall–Kier alpha value is -1.52. The number of piperidine rings is 1. The third kappa shape index (κ3) is 2.65. The zero-order chi connectivity index (χ0) is 14.8. The number of hydrogen-bond donors (Lipinski definition) is 2. The lowest BCUT2D eigenvalue weighted by Gasteiger charge is -2.23. The highest BCUT2D eigenvalue weighted by Crippen LogP contribution is 2.37. The maximum Gasteiger partial charge on any atom is 0.355 e. The lowest BCUT2D eigenvalue weighted by molar-refractivity contribution is 0.0518. The van der Waals surface area contributed by atoms with E-state index in [0.29, 0.717) is 23.2 Å². The summed E-state index contributed by atoms with van der Waals surface area (Å²) in [6, 6.07) is 5.79. The number of aromatic amines is 1. The molecule has 1 aliphatic heterocycles. The summed E-state index contributed by atoms with van der Waals surface area (Å²) in [7, 11) is 0. The van der Waals surface area contributed by atoms with Gasteiger partial charge in [-0.15, -0.1) is 0 Å². The summed E-state index contributed by atoms with van der Waals surface area (Å²) < 4.78 is 5.20. The van der Waals surface area contributed by atoms with Gasteiger partial charge in [-0.2, -0.15) is 0 Å². The predicted octanol–water partition coefficient (Wildman–Crippen LogP) is 3.47. The van der Waals surface area contributed by atoms with Crippen molar-refractivity contribution in [3.05, 3.63) is 34.5 Å². The van der Waals surface area contributed by atoms with E-state index in [1.807, 2.05) is 25.1 Å². The molecule has 0 aliphatic carbocycles. The molecule has 0 saturated carbocycles. The normalized spacial score (nSPS) is 16.3. The molecule has 3 rings (SSSR count). The first-order valence-corrected chi connectivity index (χ1v) is 7.78. The number of carbonyl (C=O) groups excluding carboxylic acids is 1. The number of aromatic nitrogens is 1. The molecule has 5 heteroatoms. The average molecular weight is 307 g/mol. The fourth-order valence-electron chi connectivity index (χ4n) is 3.10. The molecule has 0 bridgehead atoms. The van der Waals surface area contributed by atoms with E-state index in [4.69, 9.17) is 16.3 Å². The lowest BCUT2D eigenvalue weighted by atomic mass is 9.88. The van der Waals surface area contributed by atoms with Gasteiger partial charge in [0.1, 0.15) is 5.69 Å². The van der Waals surface area contributed by atoms with Crippen LogP contribution in [0.4, 0.5) is 0 Å². The van der Waals surface area contributed by atoms with Crippen molar-refractivity contribution in [3.63, 3.8) is 0 Å². The van der Waals surface area contributed by atoms with E-state index in [1.54, 1.807) is 0 Å². The number of esters is 1. The molecule has 0 radical (unpaired) electrons. The van der Waals surface area contributed by atoms with E-state index >= 15 is 0 Å². The minimum absolute atomic E-state index is 0.293. The van der Waals surface area contributed by atoms with Gasteiger partial charge in [-0.1, -0.05) is 23.7 Å². The van der Waals surface area contributed by atoms with Gasteiger partial charge < -0.3 is 15.0 Å². The first-order chi connectivity index (χ1) is 10.2. The molecule has 2 N–H and O–H groups in total. The lowest BCUT2D eigenvalue weighted by Crippen LogP contribution is -2.27. The Morgan fingerprint density at radius 3 is 2.86 bits per heavy atom. The molecule has 112 valence electrons. The van der Waals surface area contributed by atoms with Crippen LogP contribution in [0.15, 0.2) is 18.2 Å². The molecule has 2 aromatic rings. The van der Waals surface area contributed by atoms with Crippen molar-refractivity contribution in [1.82, 2.24) is 10.3 Å². The number of carbonyl (C=O) groups is 1. The molecule has 0 atom stereocenters. The van der Waals surface area contributed by atoms with Crippen LogP contribution in [0.2, 0.25) is 5.02 Å². The summed E-state index contributed by atoms with van der Waals surface area (Å²) in [4.78, 5) is 15.5. The van der Waals surface area contributed by atoms with Gasteiger partial charge in [0.05, 0.1) is 17.1 Å². The van der Waals surface area contributed by atoms with E-state index in [-0.39, 0.29) is 5.97 Å². The molecule has 1 saturated heterocycles. The van der Waals surface area contributed by atoms with E-state index in [2.05, 4.69) is 10.3 Å². The Balaban J connectivity index is 2.15. The smallest absolute Gasteiger partial charge is 0.355 e. The third-order valence-corrected chi connectivity index (χ3v) is 4.37. The van der Waals surface area contributed by atoms with Crippen LogP contribution in [0.25, 0.3) is 10.9 Å². The average Bonchev–Trinajstić information content (AvgIpc) is 2.89. The number of rotatable bonds is 3. The summed E-state index contributed by atoms with van der Waals surface area (Å²) in [6.45, 7) is 4.13. The number of halogens is 1. The number of benzene rings is 1. The van der Waals surface area contributed by atoms with Gasteiger partial charge in [-0.25, -0.2) is 4.79 Å². The number of ether oxygens (including phenoxy) is 1. The standard InChI is InChI=1S/C16H19ClN2O2/c1-2-21-16(20)15-13(10-6-8-18-9-7-10)11-4-3-5-12(17)14(11)19-15/h3-5,10,18-19H,2,6-9H2,1H3. The zero-order valence-electron chi connectivity index (χ0n) is 12.0.